The van der Waals surface area contributed by atoms with Crippen LogP contribution in [0, 0.1) is 0 Å². The van der Waals surface area contributed by atoms with Gasteiger partial charge in [0.25, 0.3) is 5.91 Å². The van der Waals surface area contributed by atoms with Gasteiger partial charge in [0, 0.05) is 45.8 Å². The van der Waals surface area contributed by atoms with E-state index in [1.807, 2.05) is 0 Å². The summed E-state index contributed by atoms with van der Waals surface area (Å²) in [5, 5.41) is 28.6. The molecule has 0 atom stereocenters. The van der Waals surface area contributed by atoms with Gasteiger partial charge in [-0.3, -0.25) is 14.3 Å². The Morgan fingerprint density at radius 3 is 1.37 bits per heavy atom. The first-order valence-electron chi connectivity index (χ1n) is 21.0. The second-order valence-corrected chi connectivity index (χ2v) is 17.1. The first-order valence-corrected chi connectivity index (χ1v) is 21.8. The highest BCUT2D eigenvalue weighted by Crippen LogP contribution is 2.43. The van der Waals surface area contributed by atoms with Crippen molar-refractivity contribution in [1.82, 2.24) is 25.7 Å². The molecule has 0 spiro atoms. The van der Waals surface area contributed by atoms with Crippen molar-refractivity contribution in [2.75, 3.05) is 13.2 Å². The van der Waals surface area contributed by atoms with E-state index in [1.54, 1.807) is 48.5 Å². The lowest BCUT2D eigenvalue weighted by Gasteiger charge is -2.33. The van der Waals surface area contributed by atoms with Gasteiger partial charge in [-0.25, -0.2) is 4.79 Å². The van der Waals surface area contributed by atoms with E-state index in [2.05, 4.69) is 35.2 Å². The SMILES string of the molecule is NC1CCC(c2nnc(C3CC(OC(F)(F)F)C3)o2)CC1.O=C(COc1ccc(Cl)cc1)NC1CCC(c2nnc(C3CC(OC(F)(F)F)C3)o2)CC1.O=C(O)COc1ccc(Cl)cc1. The first-order chi connectivity index (χ1) is 30.8. The van der Waals surface area contributed by atoms with E-state index in [1.165, 1.54) is 0 Å². The maximum Gasteiger partial charge on any atom is 0.522 e. The van der Waals surface area contributed by atoms with Crippen molar-refractivity contribution in [3.8, 4) is 11.5 Å². The minimum absolute atomic E-state index is 0.0434. The van der Waals surface area contributed by atoms with Gasteiger partial charge in [-0.2, -0.15) is 0 Å². The number of carbonyl (C=O) groups is 2. The minimum Gasteiger partial charge on any atom is -0.484 e. The molecule has 4 saturated carbocycles. The Hall–Kier alpha value is -4.70. The van der Waals surface area contributed by atoms with E-state index in [4.69, 9.17) is 52.4 Å². The lowest BCUT2D eigenvalue weighted by Crippen LogP contribution is -2.39. The van der Waals surface area contributed by atoms with Crippen LogP contribution in [0.4, 0.5) is 26.3 Å². The molecular formula is C42H48Cl2F6N6O9. The molecule has 0 aliphatic heterocycles. The van der Waals surface area contributed by atoms with Crippen LogP contribution in [-0.2, 0) is 19.1 Å². The number of carboxylic acid groups (broad SMARTS) is 1. The minimum atomic E-state index is -4.62. The fourth-order valence-electron chi connectivity index (χ4n) is 7.73. The Labute approximate surface area is 379 Å². The first kappa shape index (κ1) is 49.7. The van der Waals surface area contributed by atoms with Crippen molar-refractivity contribution in [3.05, 3.63) is 82.1 Å². The number of nitrogens with one attached hydrogen (secondary N) is 1. The number of benzene rings is 2. The number of halogens is 8. The van der Waals surface area contributed by atoms with Crippen molar-refractivity contribution in [2.24, 2.45) is 5.73 Å². The summed E-state index contributed by atoms with van der Waals surface area (Å²) in [7, 11) is 0. The number of aromatic nitrogens is 4. The largest absolute Gasteiger partial charge is 0.522 e. The van der Waals surface area contributed by atoms with Crippen molar-refractivity contribution >= 4 is 35.1 Å². The molecule has 356 valence electrons. The zero-order chi connectivity index (χ0) is 46.7. The molecule has 4 aliphatic carbocycles. The van der Waals surface area contributed by atoms with Crippen LogP contribution in [0.5, 0.6) is 11.5 Å². The number of carboxylic acids is 1. The fourth-order valence-corrected chi connectivity index (χ4v) is 7.99. The summed E-state index contributed by atoms with van der Waals surface area (Å²) in [5.74, 6) is 1.79. The topological polar surface area (TPSA) is 207 Å². The maximum atomic E-state index is 12.2. The number of hydrogen-bond donors (Lipinski definition) is 3. The van der Waals surface area contributed by atoms with Gasteiger partial charge in [0.05, 0.1) is 12.2 Å². The van der Waals surface area contributed by atoms with Gasteiger partial charge in [-0.05, 0) is 126 Å². The molecule has 65 heavy (non-hydrogen) atoms. The van der Waals surface area contributed by atoms with Crippen molar-refractivity contribution < 1.29 is 68.8 Å². The van der Waals surface area contributed by atoms with E-state index in [0.29, 0.717) is 45.1 Å². The highest BCUT2D eigenvalue weighted by Gasteiger charge is 2.44. The third-order valence-electron chi connectivity index (χ3n) is 11.3. The summed E-state index contributed by atoms with van der Waals surface area (Å²) in [5.41, 5.74) is 5.85. The number of hydrogen-bond acceptors (Lipinski definition) is 13. The molecule has 1 amide bonds. The predicted molar refractivity (Wildman–Crippen MR) is 218 cm³/mol. The Kier molecular flexibility index (Phi) is 17.3. The summed E-state index contributed by atoms with van der Waals surface area (Å²) in [6, 6.07) is 13.6. The molecule has 2 heterocycles. The van der Waals surface area contributed by atoms with Gasteiger partial charge >= 0.3 is 18.7 Å². The van der Waals surface area contributed by atoms with E-state index in [9.17, 15) is 35.9 Å². The molecular weight excluding hydrogens is 917 g/mol. The van der Waals surface area contributed by atoms with Gasteiger partial charge in [0.15, 0.2) is 13.2 Å². The van der Waals surface area contributed by atoms with Crippen molar-refractivity contribution in [1.29, 1.82) is 0 Å². The van der Waals surface area contributed by atoms with Gasteiger partial charge in [-0.15, -0.1) is 46.7 Å². The van der Waals surface area contributed by atoms with Crippen molar-refractivity contribution in [2.45, 2.75) is 138 Å². The van der Waals surface area contributed by atoms with Crippen LogP contribution in [0.1, 0.15) is 124 Å². The molecule has 2 aromatic carbocycles. The molecule has 15 nitrogen and oxygen atoms in total. The molecule has 0 saturated heterocycles. The van der Waals surface area contributed by atoms with Crippen LogP contribution in [-0.4, -0.2) is 87.6 Å². The van der Waals surface area contributed by atoms with Gasteiger partial charge in [0.1, 0.15) is 11.5 Å². The molecule has 8 rings (SSSR count). The molecule has 23 heteroatoms. The lowest BCUT2D eigenvalue weighted by molar-refractivity contribution is -0.353. The smallest absolute Gasteiger partial charge is 0.484 e. The number of nitrogens with zero attached hydrogens (tertiary/aromatic N) is 4. The zero-order valence-corrected chi connectivity index (χ0v) is 36.3. The lowest BCUT2D eigenvalue weighted by atomic mass is 9.82. The molecule has 0 unspecified atom stereocenters. The molecule has 0 bridgehead atoms. The summed E-state index contributed by atoms with van der Waals surface area (Å²) >= 11 is 11.4. The van der Waals surface area contributed by atoms with Crippen LogP contribution in [0.15, 0.2) is 57.4 Å². The quantitative estimate of drug-likeness (QED) is 0.107. The van der Waals surface area contributed by atoms with Gasteiger partial charge in [0.2, 0.25) is 23.6 Å². The molecule has 2 aromatic heterocycles. The molecule has 4 aromatic rings. The molecule has 4 fully saturated rings. The highest BCUT2D eigenvalue weighted by molar-refractivity contribution is 6.30. The summed E-state index contributed by atoms with van der Waals surface area (Å²) in [6.45, 7) is -0.406. The highest BCUT2D eigenvalue weighted by atomic mass is 35.5. The third-order valence-corrected chi connectivity index (χ3v) is 11.8. The number of carbonyl (C=O) groups excluding carboxylic acids is 1. The van der Waals surface area contributed by atoms with Crippen LogP contribution in [0.3, 0.4) is 0 Å². The number of rotatable bonds is 13. The van der Waals surface area contributed by atoms with E-state index in [0.717, 1.165) is 51.4 Å². The number of ether oxygens (including phenoxy) is 4. The van der Waals surface area contributed by atoms with Gasteiger partial charge in [-0.1, -0.05) is 23.2 Å². The summed E-state index contributed by atoms with van der Waals surface area (Å²) in [4.78, 5) is 22.2. The monoisotopic (exact) mass is 964 g/mol. The average Bonchev–Trinajstić information content (AvgIpc) is 3.91. The van der Waals surface area contributed by atoms with Crippen LogP contribution in [0.25, 0.3) is 0 Å². The van der Waals surface area contributed by atoms with E-state index < -0.39 is 30.9 Å². The number of aliphatic carboxylic acids is 1. The summed E-state index contributed by atoms with van der Waals surface area (Å²) < 4.78 is 103. The Bertz CT molecular complexity index is 2100. The Balaban J connectivity index is 0.000000181. The fraction of sp³-hybridized carbons (Fsp3) is 0.571. The summed E-state index contributed by atoms with van der Waals surface area (Å²) in [6.07, 6.45) is -3.05. The average molecular weight is 966 g/mol. The van der Waals surface area contributed by atoms with Crippen LogP contribution in [0.2, 0.25) is 10.0 Å². The normalized spacial score (nSPS) is 25.3. The molecule has 0 radical (unpaired) electrons. The van der Waals surface area contributed by atoms with Crippen LogP contribution < -0.4 is 20.5 Å². The van der Waals surface area contributed by atoms with Gasteiger partial charge < -0.3 is 34.5 Å². The zero-order valence-electron chi connectivity index (χ0n) is 34.7. The number of alkyl halides is 6. The molecule has 4 aliphatic rings. The van der Waals surface area contributed by atoms with E-state index in [-0.39, 0.29) is 80.6 Å². The maximum absolute atomic E-state index is 12.2. The predicted octanol–water partition coefficient (Wildman–Crippen LogP) is 9.37. The van der Waals surface area contributed by atoms with E-state index >= 15 is 0 Å². The molecule has 4 N–H and O–H groups in total. The third kappa shape index (κ3) is 16.3. The van der Waals surface area contributed by atoms with Crippen LogP contribution >= 0.6 is 23.2 Å². The number of nitrogens with two attached hydrogens (primary N) is 1. The Morgan fingerprint density at radius 1 is 0.615 bits per heavy atom. The standard InChI is InChI=1S/C21H23ClF3N3O4.C13H18F3N3O2.C8H7ClO3/c22-14-3-7-16(8-4-14)30-11-18(29)26-15-5-1-12(2-6-15)19-27-28-20(31-19)13-9-17(10-13)32-21(23,24)25;14-13(15,16)21-10-5-8(6-10)12-19-18-11(20-12)7-1-3-9(17)4-2-7;9-6-1-3-7(4-2-6)12-5-8(10)11/h3-4,7-8,12-13,15,17H,1-2,5-6,9-11H2,(H,26,29);7-10H,1-6,17H2;1-4H,5H2,(H,10,11). The Morgan fingerprint density at radius 2 is 0.985 bits per heavy atom. The second-order valence-electron chi connectivity index (χ2n) is 16.3. The number of amides is 1. The van der Waals surface area contributed by atoms with Crippen molar-refractivity contribution in [3.63, 3.8) is 0 Å². The second kappa shape index (κ2) is 22.7.